The molecule has 2 aromatic heterocycles. The molecule has 2 heterocycles. The number of rotatable bonds is 6. The van der Waals surface area contributed by atoms with Gasteiger partial charge in [0.25, 0.3) is 5.91 Å². The third-order valence-electron chi connectivity index (χ3n) is 2.47. The molecule has 0 aromatic carbocycles. The van der Waals surface area contributed by atoms with Gasteiger partial charge in [-0.1, -0.05) is 0 Å². The summed E-state index contributed by atoms with van der Waals surface area (Å²) in [4.78, 5) is 28.6. The molecule has 0 unspecified atom stereocenters. The number of nitrogens with zero attached hydrogens (tertiary/aromatic N) is 1. The number of aromatic nitrogens is 1. The topological polar surface area (TPSA) is 68.3 Å². The Kier molecular flexibility index (Phi) is 5.89. The lowest BCUT2D eigenvalue weighted by molar-refractivity contribution is 0.0526. The van der Waals surface area contributed by atoms with Gasteiger partial charge in [0.05, 0.1) is 10.4 Å². The van der Waals surface area contributed by atoms with Crippen molar-refractivity contribution in [1.29, 1.82) is 0 Å². The summed E-state index contributed by atoms with van der Waals surface area (Å²) in [5, 5.41) is 4.54. The molecule has 0 aliphatic carbocycles. The Labute approximate surface area is 138 Å². The van der Waals surface area contributed by atoms with Crippen LogP contribution < -0.4 is 5.32 Å². The van der Waals surface area contributed by atoms with Crippen LogP contribution in [0.15, 0.2) is 21.3 Å². The number of carbonyl (C=O) groups excluding carboxylic acids is 2. The molecule has 5 nitrogen and oxygen atoms in total. The Bertz CT molecular complexity index is 639. The molecule has 21 heavy (non-hydrogen) atoms. The molecule has 2 rings (SSSR count). The molecule has 0 aliphatic heterocycles. The van der Waals surface area contributed by atoms with Crippen LogP contribution in [-0.2, 0) is 11.2 Å². The second kappa shape index (κ2) is 7.67. The Morgan fingerprint density at radius 2 is 2.24 bits per heavy atom. The van der Waals surface area contributed by atoms with Crippen LogP contribution in [0.3, 0.4) is 0 Å². The maximum atomic E-state index is 11.9. The summed E-state index contributed by atoms with van der Waals surface area (Å²) in [6.07, 6.45) is 0.761. The third-order valence-corrected chi connectivity index (χ3v) is 4.98. The molecule has 0 radical (unpaired) electrons. The van der Waals surface area contributed by atoms with E-state index in [0.717, 1.165) is 21.5 Å². The zero-order valence-electron chi connectivity index (χ0n) is 11.2. The normalized spacial score (nSPS) is 10.4. The van der Waals surface area contributed by atoms with Crippen molar-refractivity contribution in [3.63, 3.8) is 0 Å². The van der Waals surface area contributed by atoms with Gasteiger partial charge in [-0.15, -0.1) is 22.7 Å². The maximum absolute atomic E-state index is 11.9. The van der Waals surface area contributed by atoms with Gasteiger partial charge in [-0.25, -0.2) is 9.78 Å². The predicted octanol–water partition coefficient (Wildman–Crippen LogP) is 3.12. The Morgan fingerprint density at radius 3 is 2.90 bits per heavy atom. The molecule has 0 bridgehead atoms. The van der Waals surface area contributed by atoms with Gasteiger partial charge >= 0.3 is 5.97 Å². The fraction of sp³-hybridized carbons (Fsp3) is 0.308. The van der Waals surface area contributed by atoms with Crippen molar-refractivity contribution in [2.45, 2.75) is 13.3 Å². The molecular formula is C13H13BrN2O3S2. The number of nitrogens with one attached hydrogen (secondary N) is 1. The van der Waals surface area contributed by atoms with Gasteiger partial charge in [-0.05, 0) is 41.4 Å². The van der Waals surface area contributed by atoms with E-state index < -0.39 is 5.97 Å². The molecular weight excluding hydrogens is 376 g/mol. The maximum Gasteiger partial charge on any atom is 0.367 e. The second-order valence-electron chi connectivity index (χ2n) is 3.97. The van der Waals surface area contributed by atoms with Gasteiger partial charge in [-0.3, -0.25) is 4.79 Å². The van der Waals surface area contributed by atoms with Crippen molar-refractivity contribution in [2.24, 2.45) is 0 Å². The van der Waals surface area contributed by atoms with Crippen LogP contribution in [0.4, 0.5) is 0 Å². The fourth-order valence-corrected chi connectivity index (χ4v) is 3.71. The number of thiazole rings is 1. The first kappa shape index (κ1) is 16.1. The molecule has 112 valence electrons. The van der Waals surface area contributed by atoms with Crippen molar-refractivity contribution in [1.82, 2.24) is 10.3 Å². The predicted molar refractivity (Wildman–Crippen MR) is 86.1 cm³/mol. The first-order valence-electron chi connectivity index (χ1n) is 6.25. The van der Waals surface area contributed by atoms with E-state index in [0.29, 0.717) is 6.54 Å². The van der Waals surface area contributed by atoms with Crippen LogP contribution in [0.1, 0.15) is 32.1 Å². The van der Waals surface area contributed by atoms with E-state index in [2.05, 4.69) is 26.2 Å². The van der Waals surface area contributed by atoms with E-state index in [1.54, 1.807) is 23.6 Å². The van der Waals surface area contributed by atoms with Gasteiger partial charge in [0, 0.05) is 16.8 Å². The number of esters is 1. The highest BCUT2D eigenvalue weighted by molar-refractivity contribution is 9.11. The van der Waals surface area contributed by atoms with E-state index in [9.17, 15) is 9.59 Å². The molecule has 1 amide bonds. The van der Waals surface area contributed by atoms with Crippen molar-refractivity contribution < 1.29 is 14.3 Å². The molecule has 0 fully saturated rings. The van der Waals surface area contributed by atoms with Crippen LogP contribution in [0.25, 0.3) is 0 Å². The Morgan fingerprint density at radius 1 is 1.43 bits per heavy atom. The number of halogens is 1. The highest BCUT2D eigenvalue weighted by Gasteiger charge is 2.15. The minimum absolute atomic E-state index is 0.198. The number of hydrogen-bond donors (Lipinski definition) is 1. The number of carbonyl (C=O) groups is 2. The molecule has 0 spiro atoms. The lowest BCUT2D eigenvalue weighted by atomic mass is 10.3. The number of amides is 1. The summed E-state index contributed by atoms with van der Waals surface area (Å²) in [6.45, 7) is 2.54. The first-order valence-corrected chi connectivity index (χ1v) is 8.74. The molecule has 0 aliphatic rings. The van der Waals surface area contributed by atoms with E-state index >= 15 is 0 Å². The summed E-state index contributed by atoms with van der Waals surface area (Å²) < 4.78 is 5.91. The number of thiophene rings is 1. The van der Waals surface area contributed by atoms with Crippen LogP contribution in [0, 0.1) is 0 Å². The SMILES string of the molecule is CCOC(=O)c1nc(C(=O)NCCc2ccc(Br)s2)cs1. The lowest BCUT2D eigenvalue weighted by Gasteiger charge is -2.01. The van der Waals surface area contributed by atoms with E-state index in [1.165, 1.54) is 4.88 Å². The fourth-order valence-electron chi connectivity index (χ4n) is 1.54. The smallest absolute Gasteiger partial charge is 0.367 e. The summed E-state index contributed by atoms with van der Waals surface area (Å²) >= 11 is 6.15. The van der Waals surface area contributed by atoms with Gasteiger partial charge in [0.1, 0.15) is 5.69 Å². The van der Waals surface area contributed by atoms with Crippen molar-refractivity contribution in [2.75, 3.05) is 13.2 Å². The summed E-state index contributed by atoms with van der Waals surface area (Å²) in [6, 6.07) is 4.00. The highest BCUT2D eigenvalue weighted by atomic mass is 79.9. The van der Waals surface area contributed by atoms with Gasteiger partial charge in [0.2, 0.25) is 5.01 Å². The van der Waals surface area contributed by atoms with Crippen LogP contribution in [0.2, 0.25) is 0 Å². The minimum atomic E-state index is -0.495. The second-order valence-corrected chi connectivity index (χ2v) is 7.38. The third kappa shape index (κ3) is 4.62. The highest BCUT2D eigenvalue weighted by Crippen LogP contribution is 2.22. The zero-order valence-corrected chi connectivity index (χ0v) is 14.4. The first-order chi connectivity index (χ1) is 10.1. The van der Waals surface area contributed by atoms with Crippen molar-refractivity contribution >= 4 is 50.5 Å². The monoisotopic (exact) mass is 388 g/mol. The average Bonchev–Trinajstić information content (AvgIpc) is 3.08. The lowest BCUT2D eigenvalue weighted by Crippen LogP contribution is -2.25. The molecule has 0 saturated carbocycles. The van der Waals surface area contributed by atoms with E-state index in [1.807, 2.05) is 12.1 Å². The van der Waals surface area contributed by atoms with E-state index in [4.69, 9.17) is 4.74 Å². The average molecular weight is 389 g/mol. The van der Waals surface area contributed by atoms with Crippen molar-refractivity contribution in [3.8, 4) is 0 Å². The van der Waals surface area contributed by atoms with Crippen LogP contribution >= 0.6 is 38.6 Å². The van der Waals surface area contributed by atoms with Crippen molar-refractivity contribution in [3.05, 3.63) is 36.9 Å². The Hall–Kier alpha value is -1.25. The largest absolute Gasteiger partial charge is 0.461 e. The van der Waals surface area contributed by atoms with Gasteiger partial charge in [-0.2, -0.15) is 0 Å². The van der Waals surface area contributed by atoms with Gasteiger partial charge in [0.15, 0.2) is 0 Å². The molecule has 8 heteroatoms. The molecule has 0 saturated heterocycles. The number of ether oxygens (including phenoxy) is 1. The summed E-state index contributed by atoms with van der Waals surface area (Å²) in [5.74, 6) is -0.776. The molecule has 2 aromatic rings. The van der Waals surface area contributed by atoms with Crippen LogP contribution in [0.5, 0.6) is 0 Å². The number of hydrogen-bond acceptors (Lipinski definition) is 6. The Balaban J connectivity index is 1.84. The molecule has 1 N–H and O–H groups in total. The quantitative estimate of drug-likeness (QED) is 0.771. The van der Waals surface area contributed by atoms with Gasteiger partial charge < -0.3 is 10.1 Å². The van der Waals surface area contributed by atoms with Crippen LogP contribution in [-0.4, -0.2) is 30.0 Å². The zero-order chi connectivity index (χ0) is 15.2. The molecule has 0 atom stereocenters. The minimum Gasteiger partial charge on any atom is -0.461 e. The summed E-state index contributed by atoms with van der Waals surface area (Å²) in [5.41, 5.74) is 0.246. The van der Waals surface area contributed by atoms with E-state index in [-0.39, 0.29) is 23.2 Å². The standard InChI is InChI=1S/C13H13BrN2O3S2/c1-2-19-13(18)12-16-9(7-20-12)11(17)15-6-5-8-3-4-10(14)21-8/h3-4,7H,2,5-6H2,1H3,(H,15,17). The summed E-state index contributed by atoms with van der Waals surface area (Å²) in [7, 11) is 0.